The number of carbonyl (C=O) groups is 2. The standard InChI is InChI=1S/C23H20N2O2S/c26-21-23(13-4-7-20-19(23)12-14-28-20)24-22(27)25(21)15-16-8-10-18(11-9-16)17-5-2-1-3-6-17/h1-3,5-6,8-12,14H,4,7,13,15H2,(H,24,27). The van der Waals surface area contributed by atoms with Gasteiger partial charge in [0.1, 0.15) is 5.54 Å². The predicted molar refractivity (Wildman–Crippen MR) is 110 cm³/mol. The molecule has 1 atom stereocenters. The molecule has 2 aromatic carbocycles. The molecule has 0 radical (unpaired) electrons. The number of urea groups is 1. The summed E-state index contributed by atoms with van der Waals surface area (Å²) in [5.41, 5.74) is 3.34. The fourth-order valence-corrected chi connectivity index (χ4v) is 5.30. The van der Waals surface area contributed by atoms with Crippen LogP contribution < -0.4 is 5.32 Å². The first-order valence-corrected chi connectivity index (χ1v) is 10.4. The average molecular weight is 388 g/mol. The lowest BCUT2D eigenvalue weighted by Crippen LogP contribution is -2.46. The first kappa shape index (κ1) is 17.2. The van der Waals surface area contributed by atoms with Gasteiger partial charge >= 0.3 is 6.03 Å². The predicted octanol–water partition coefficient (Wildman–Crippen LogP) is 4.70. The van der Waals surface area contributed by atoms with Crippen molar-refractivity contribution in [2.24, 2.45) is 0 Å². The van der Waals surface area contributed by atoms with E-state index in [1.165, 1.54) is 9.78 Å². The zero-order chi connectivity index (χ0) is 19.1. The van der Waals surface area contributed by atoms with Gasteiger partial charge in [-0.3, -0.25) is 9.69 Å². The number of thiophene rings is 1. The minimum Gasteiger partial charge on any atom is -0.319 e. The number of hydrogen-bond acceptors (Lipinski definition) is 3. The normalized spacial score (nSPS) is 21.1. The Morgan fingerprint density at radius 3 is 2.50 bits per heavy atom. The number of fused-ring (bicyclic) bond motifs is 2. The first-order valence-electron chi connectivity index (χ1n) is 9.53. The smallest absolute Gasteiger partial charge is 0.319 e. The second-order valence-corrected chi connectivity index (χ2v) is 8.40. The van der Waals surface area contributed by atoms with E-state index in [1.54, 1.807) is 11.3 Å². The van der Waals surface area contributed by atoms with E-state index in [-0.39, 0.29) is 11.9 Å². The van der Waals surface area contributed by atoms with Crippen molar-refractivity contribution in [3.63, 3.8) is 0 Å². The molecule has 5 heteroatoms. The van der Waals surface area contributed by atoms with E-state index in [1.807, 2.05) is 53.9 Å². The highest BCUT2D eigenvalue weighted by Gasteiger charge is 2.54. The van der Waals surface area contributed by atoms with Crippen molar-refractivity contribution < 1.29 is 9.59 Å². The fraction of sp³-hybridized carbons (Fsp3) is 0.217. The molecule has 1 aliphatic heterocycles. The third-order valence-electron chi connectivity index (χ3n) is 5.74. The van der Waals surface area contributed by atoms with E-state index in [0.29, 0.717) is 13.0 Å². The van der Waals surface area contributed by atoms with Crippen molar-refractivity contribution in [2.45, 2.75) is 31.3 Å². The Hall–Kier alpha value is -2.92. The molecule has 1 saturated heterocycles. The van der Waals surface area contributed by atoms with Crippen LogP contribution in [0.1, 0.15) is 28.8 Å². The van der Waals surface area contributed by atoms with Gasteiger partial charge in [-0.1, -0.05) is 54.6 Å². The summed E-state index contributed by atoms with van der Waals surface area (Å²) >= 11 is 1.67. The Balaban J connectivity index is 1.40. The molecule has 28 heavy (non-hydrogen) atoms. The minimum atomic E-state index is -0.866. The molecule has 1 aromatic heterocycles. The van der Waals surface area contributed by atoms with Gasteiger partial charge in [-0.2, -0.15) is 0 Å². The molecule has 1 spiro atoms. The fourth-order valence-electron chi connectivity index (χ4n) is 4.30. The van der Waals surface area contributed by atoms with Crippen LogP contribution in [0.15, 0.2) is 66.0 Å². The molecule has 0 saturated carbocycles. The summed E-state index contributed by atoms with van der Waals surface area (Å²) in [5.74, 6) is -0.121. The first-order chi connectivity index (χ1) is 13.7. The Bertz CT molecular complexity index is 1040. The Morgan fingerprint density at radius 1 is 0.964 bits per heavy atom. The second-order valence-electron chi connectivity index (χ2n) is 7.40. The summed E-state index contributed by atoms with van der Waals surface area (Å²) in [5, 5.41) is 5.03. The molecule has 2 heterocycles. The summed E-state index contributed by atoms with van der Waals surface area (Å²) in [7, 11) is 0. The third-order valence-corrected chi connectivity index (χ3v) is 6.72. The monoisotopic (exact) mass is 388 g/mol. The number of hydrogen-bond donors (Lipinski definition) is 1. The van der Waals surface area contributed by atoms with Crippen LogP contribution in [0.2, 0.25) is 0 Å². The topological polar surface area (TPSA) is 49.4 Å². The van der Waals surface area contributed by atoms with E-state index in [4.69, 9.17) is 0 Å². The van der Waals surface area contributed by atoms with Crippen LogP contribution in [0.25, 0.3) is 11.1 Å². The number of rotatable bonds is 3. The number of nitrogens with one attached hydrogen (secondary N) is 1. The van der Waals surface area contributed by atoms with Gasteiger partial charge < -0.3 is 5.32 Å². The lowest BCUT2D eigenvalue weighted by Gasteiger charge is -2.31. The van der Waals surface area contributed by atoms with E-state index < -0.39 is 5.54 Å². The van der Waals surface area contributed by atoms with Crippen molar-refractivity contribution in [1.29, 1.82) is 0 Å². The van der Waals surface area contributed by atoms with Crippen LogP contribution in [-0.2, 0) is 23.3 Å². The molecular weight excluding hydrogens is 368 g/mol. The van der Waals surface area contributed by atoms with Crippen molar-refractivity contribution in [3.8, 4) is 11.1 Å². The van der Waals surface area contributed by atoms with Crippen LogP contribution in [0.4, 0.5) is 4.79 Å². The molecule has 1 N–H and O–H groups in total. The van der Waals surface area contributed by atoms with E-state index in [9.17, 15) is 9.59 Å². The Morgan fingerprint density at radius 2 is 1.71 bits per heavy atom. The largest absolute Gasteiger partial charge is 0.325 e. The molecule has 1 fully saturated rings. The van der Waals surface area contributed by atoms with Gasteiger partial charge in [-0.25, -0.2) is 4.79 Å². The average Bonchev–Trinajstić information content (AvgIpc) is 3.30. The maximum atomic E-state index is 13.3. The molecular formula is C23H20N2O2S. The number of carbonyl (C=O) groups excluding carboxylic acids is 2. The van der Waals surface area contributed by atoms with Crippen LogP contribution >= 0.6 is 11.3 Å². The van der Waals surface area contributed by atoms with Gasteiger partial charge in [0, 0.05) is 10.4 Å². The van der Waals surface area contributed by atoms with Crippen LogP contribution in [-0.4, -0.2) is 16.8 Å². The van der Waals surface area contributed by atoms with Gasteiger partial charge in [-0.05, 0) is 47.4 Å². The Kier molecular flexibility index (Phi) is 4.05. The highest BCUT2D eigenvalue weighted by Crippen LogP contribution is 2.42. The highest BCUT2D eigenvalue weighted by molar-refractivity contribution is 7.10. The number of imide groups is 1. The maximum absolute atomic E-state index is 13.3. The number of nitrogens with zero attached hydrogens (tertiary/aromatic N) is 1. The molecule has 1 aliphatic carbocycles. The molecule has 3 aromatic rings. The summed E-state index contributed by atoms with van der Waals surface area (Å²) in [4.78, 5) is 28.6. The summed E-state index contributed by atoms with van der Waals surface area (Å²) in [6.45, 7) is 0.293. The van der Waals surface area contributed by atoms with Crippen LogP contribution in [0.5, 0.6) is 0 Å². The lowest BCUT2D eigenvalue weighted by molar-refractivity contribution is -0.132. The van der Waals surface area contributed by atoms with Gasteiger partial charge in [-0.15, -0.1) is 11.3 Å². The van der Waals surface area contributed by atoms with Gasteiger partial charge in [0.2, 0.25) is 0 Å². The molecule has 0 bridgehead atoms. The van der Waals surface area contributed by atoms with E-state index in [0.717, 1.165) is 35.1 Å². The van der Waals surface area contributed by atoms with Gasteiger partial charge in [0.05, 0.1) is 6.54 Å². The third kappa shape index (κ3) is 2.66. The zero-order valence-electron chi connectivity index (χ0n) is 15.4. The summed E-state index contributed by atoms with van der Waals surface area (Å²) < 4.78 is 0. The second kappa shape index (κ2) is 6.60. The molecule has 1 unspecified atom stereocenters. The maximum Gasteiger partial charge on any atom is 0.325 e. The van der Waals surface area contributed by atoms with E-state index >= 15 is 0 Å². The van der Waals surface area contributed by atoms with Crippen molar-refractivity contribution in [1.82, 2.24) is 10.2 Å². The number of benzene rings is 2. The summed E-state index contributed by atoms with van der Waals surface area (Å²) in [6, 6.07) is 19.9. The summed E-state index contributed by atoms with van der Waals surface area (Å²) in [6.07, 6.45) is 2.57. The molecule has 5 rings (SSSR count). The van der Waals surface area contributed by atoms with E-state index in [2.05, 4.69) is 17.4 Å². The van der Waals surface area contributed by atoms with Crippen molar-refractivity contribution in [2.75, 3.05) is 0 Å². The quantitative estimate of drug-likeness (QED) is 0.661. The number of aryl methyl sites for hydroxylation is 1. The van der Waals surface area contributed by atoms with Crippen molar-refractivity contribution in [3.05, 3.63) is 82.0 Å². The molecule has 140 valence electrons. The SMILES string of the molecule is O=C1NC2(CCCc3sccc32)C(=O)N1Cc1ccc(-c2ccccc2)cc1. The van der Waals surface area contributed by atoms with Crippen LogP contribution in [0.3, 0.4) is 0 Å². The van der Waals surface area contributed by atoms with Crippen molar-refractivity contribution >= 4 is 23.3 Å². The molecule has 4 nitrogen and oxygen atoms in total. The molecule has 3 amide bonds. The highest BCUT2D eigenvalue weighted by atomic mass is 32.1. The van der Waals surface area contributed by atoms with Gasteiger partial charge in [0.15, 0.2) is 0 Å². The Labute approximate surface area is 167 Å². The van der Waals surface area contributed by atoms with Crippen LogP contribution in [0, 0.1) is 0 Å². The number of amides is 3. The zero-order valence-corrected chi connectivity index (χ0v) is 16.2. The van der Waals surface area contributed by atoms with Gasteiger partial charge in [0.25, 0.3) is 5.91 Å². The molecule has 2 aliphatic rings. The minimum absolute atomic E-state index is 0.121. The lowest BCUT2D eigenvalue weighted by atomic mass is 9.80.